The lowest BCUT2D eigenvalue weighted by Crippen LogP contribution is -2.31. The lowest BCUT2D eigenvalue weighted by Gasteiger charge is -2.25. The Kier molecular flexibility index (Phi) is 6.75. The second kappa shape index (κ2) is 9.56. The first-order valence-corrected chi connectivity index (χ1v) is 11.1. The molecule has 1 saturated heterocycles. The topological polar surface area (TPSA) is 57.6 Å². The first-order chi connectivity index (χ1) is 15.8. The van der Waals surface area contributed by atoms with E-state index in [-0.39, 0.29) is 33.5 Å². The Labute approximate surface area is 204 Å². The van der Waals surface area contributed by atoms with Crippen LogP contribution in [0.25, 0.3) is 5.76 Å². The number of likely N-dealkylation sites (tertiary alicyclic amines) is 1. The standard InChI is InChI=1S/C25H17Cl3FNO3/c26-17-6-1-14(2-7-17)11-12-30-22(15-3-8-18(29)9-4-15)21(24(32)25(30)33)23(31)16-5-10-19(27)20(28)13-16/h1-10,13,22,31H,11-12H2/b23-21-. The molecule has 168 valence electrons. The first-order valence-electron chi connectivity index (χ1n) is 10.00. The predicted octanol–water partition coefficient (Wildman–Crippen LogP) is 6.45. The Hall–Kier alpha value is -2.86. The van der Waals surface area contributed by atoms with Crippen molar-refractivity contribution in [3.05, 3.63) is 110 Å². The molecule has 0 radical (unpaired) electrons. The van der Waals surface area contributed by atoms with Gasteiger partial charge >= 0.3 is 0 Å². The van der Waals surface area contributed by atoms with E-state index in [0.717, 1.165) is 5.56 Å². The zero-order chi connectivity index (χ0) is 23.7. The van der Waals surface area contributed by atoms with Gasteiger partial charge in [0.05, 0.1) is 21.7 Å². The van der Waals surface area contributed by atoms with Crippen molar-refractivity contribution in [2.45, 2.75) is 12.5 Å². The summed E-state index contributed by atoms with van der Waals surface area (Å²) in [5, 5.41) is 12.1. The smallest absolute Gasteiger partial charge is 0.295 e. The molecule has 1 atom stereocenters. The van der Waals surface area contributed by atoms with Crippen LogP contribution in [0.1, 0.15) is 22.7 Å². The molecule has 3 aromatic carbocycles. The first kappa shape index (κ1) is 23.3. The van der Waals surface area contributed by atoms with Gasteiger partial charge in [-0.1, -0.05) is 59.1 Å². The highest BCUT2D eigenvalue weighted by Crippen LogP contribution is 2.40. The van der Waals surface area contributed by atoms with E-state index in [9.17, 15) is 19.1 Å². The average molecular weight is 505 g/mol. The molecule has 4 nitrogen and oxygen atoms in total. The highest BCUT2D eigenvalue weighted by atomic mass is 35.5. The SMILES string of the molecule is O=C1C(=O)N(CCc2ccc(Cl)cc2)C(c2ccc(F)cc2)/C1=C(/O)c1ccc(Cl)c(Cl)c1. The minimum Gasteiger partial charge on any atom is -0.507 e. The van der Waals surface area contributed by atoms with Crippen molar-refractivity contribution in [1.29, 1.82) is 0 Å². The molecule has 1 amide bonds. The number of halogens is 4. The van der Waals surface area contributed by atoms with Gasteiger partial charge in [0.1, 0.15) is 11.6 Å². The van der Waals surface area contributed by atoms with E-state index in [0.29, 0.717) is 17.0 Å². The summed E-state index contributed by atoms with van der Waals surface area (Å²) < 4.78 is 13.6. The van der Waals surface area contributed by atoms with E-state index < -0.39 is 23.5 Å². The Morgan fingerprint density at radius 3 is 2.21 bits per heavy atom. The van der Waals surface area contributed by atoms with Crippen LogP contribution < -0.4 is 0 Å². The van der Waals surface area contributed by atoms with Crippen molar-refractivity contribution in [1.82, 2.24) is 4.90 Å². The fraction of sp³-hybridized carbons (Fsp3) is 0.120. The summed E-state index contributed by atoms with van der Waals surface area (Å²) in [6.45, 7) is 0.201. The highest BCUT2D eigenvalue weighted by Gasteiger charge is 2.45. The number of aliphatic hydroxyl groups excluding tert-OH is 1. The number of hydrogen-bond donors (Lipinski definition) is 1. The third-order valence-electron chi connectivity index (χ3n) is 5.47. The molecule has 1 fully saturated rings. The van der Waals surface area contributed by atoms with E-state index in [1.807, 2.05) is 12.1 Å². The van der Waals surface area contributed by atoms with Gasteiger partial charge in [0.15, 0.2) is 0 Å². The number of Topliss-reactive ketones (excluding diaryl/α,β-unsaturated/α-hetero) is 1. The number of aliphatic hydroxyl groups is 1. The summed E-state index contributed by atoms with van der Waals surface area (Å²) in [5.74, 6) is -2.42. The number of carbonyl (C=O) groups is 2. The number of hydrogen-bond acceptors (Lipinski definition) is 3. The fourth-order valence-corrected chi connectivity index (χ4v) is 4.23. The summed E-state index contributed by atoms with van der Waals surface area (Å²) in [6, 6.07) is 16.1. The molecule has 33 heavy (non-hydrogen) atoms. The summed E-state index contributed by atoms with van der Waals surface area (Å²) in [4.78, 5) is 27.4. The van der Waals surface area contributed by atoms with E-state index in [4.69, 9.17) is 34.8 Å². The van der Waals surface area contributed by atoms with E-state index >= 15 is 0 Å². The average Bonchev–Trinajstić information content (AvgIpc) is 3.05. The summed E-state index contributed by atoms with van der Waals surface area (Å²) in [6.07, 6.45) is 0.453. The molecule has 1 N–H and O–H groups in total. The highest BCUT2D eigenvalue weighted by molar-refractivity contribution is 6.47. The molecule has 1 heterocycles. The quantitative estimate of drug-likeness (QED) is 0.247. The van der Waals surface area contributed by atoms with Gasteiger partial charge in [-0.25, -0.2) is 4.39 Å². The monoisotopic (exact) mass is 503 g/mol. The molecule has 0 spiro atoms. The van der Waals surface area contributed by atoms with Crippen molar-refractivity contribution in [3.8, 4) is 0 Å². The molecule has 0 saturated carbocycles. The second-order valence-electron chi connectivity index (χ2n) is 7.55. The molecule has 1 aliphatic heterocycles. The van der Waals surface area contributed by atoms with Crippen molar-refractivity contribution in [2.75, 3.05) is 6.54 Å². The maximum absolute atomic E-state index is 13.6. The third kappa shape index (κ3) is 4.76. The molecular weight excluding hydrogens is 488 g/mol. The number of ketones is 1. The van der Waals surface area contributed by atoms with E-state index in [1.54, 1.807) is 12.1 Å². The van der Waals surface area contributed by atoms with Gasteiger partial charge in [-0.3, -0.25) is 9.59 Å². The summed E-state index contributed by atoms with van der Waals surface area (Å²) in [5.41, 5.74) is 1.56. The van der Waals surface area contributed by atoms with Crippen LogP contribution in [0.15, 0.2) is 72.3 Å². The lowest BCUT2D eigenvalue weighted by atomic mass is 9.95. The second-order valence-corrected chi connectivity index (χ2v) is 8.80. The number of rotatable bonds is 5. The van der Waals surface area contributed by atoms with Crippen molar-refractivity contribution in [3.63, 3.8) is 0 Å². The molecule has 0 bridgehead atoms. The summed E-state index contributed by atoms with van der Waals surface area (Å²) in [7, 11) is 0. The third-order valence-corrected chi connectivity index (χ3v) is 6.46. The van der Waals surface area contributed by atoms with Gasteiger partial charge < -0.3 is 10.0 Å². The summed E-state index contributed by atoms with van der Waals surface area (Å²) >= 11 is 18.0. The molecule has 0 aliphatic carbocycles. The number of nitrogens with zero attached hydrogens (tertiary/aromatic N) is 1. The number of amides is 1. The predicted molar refractivity (Wildman–Crippen MR) is 127 cm³/mol. The van der Waals surface area contributed by atoms with E-state index in [2.05, 4.69) is 0 Å². The number of carbonyl (C=O) groups excluding carboxylic acids is 2. The van der Waals surface area contributed by atoms with Gasteiger partial charge in [0, 0.05) is 17.1 Å². The van der Waals surface area contributed by atoms with Gasteiger partial charge in [0.25, 0.3) is 11.7 Å². The van der Waals surface area contributed by atoms with Crippen molar-refractivity contribution >= 4 is 52.3 Å². The van der Waals surface area contributed by atoms with Gasteiger partial charge in [0.2, 0.25) is 0 Å². The lowest BCUT2D eigenvalue weighted by molar-refractivity contribution is -0.139. The normalized spacial score (nSPS) is 17.6. The van der Waals surface area contributed by atoms with Crippen LogP contribution >= 0.6 is 34.8 Å². The van der Waals surface area contributed by atoms with Crippen LogP contribution in [-0.2, 0) is 16.0 Å². The van der Waals surface area contributed by atoms with Crippen LogP contribution in [0.5, 0.6) is 0 Å². The van der Waals surface area contributed by atoms with Crippen LogP contribution in [0, 0.1) is 5.82 Å². The molecule has 4 rings (SSSR count). The Bertz CT molecular complexity index is 1260. The molecule has 1 aliphatic rings. The molecule has 3 aromatic rings. The van der Waals surface area contributed by atoms with Crippen LogP contribution in [0.2, 0.25) is 15.1 Å². The zero-order valence-electron chi connectivity index (χ0n) is 17.1. The Balaban J connectivity index is 1.78. The zero-order valence-corrected chi connectivity index (χ0v) is 19.3. The van der Waals surface area contributed by atoms with Crippen LogP contribution in [-0.4, -0.2) is 28.2 Å². The maximum atomic E-state index is 13.6. The van der Waals surface area contributed by atoms with Crippen molar-refractivity contribution < 1.29 is 19.1 Å². The maximum Gasteiger partial charge on any atom is 0.295 e. The van der Waals surface area contributed by atoms with Crippen LogP contribution in [0.3, 0.4) is 0 Å². The van der Waals surface area contributed by atoms with Gasteiger partial charge in [-0.2, -0.15) is 0 Å². The molecule has 0 aromatic heterocycles. The fourth-order valence-electron chi connectivity index (χ4n) is 3.80. The Morgan fingerprint density at radius 1 is 0.909 bits per heavy atom. The molecular formula is C25H17Cl3FNO3. The number of benzene rings is 3. The molecule has 8 heteroatoms. The largest absolute Gasteiger partial charge is 0.507 e. The van der Waals surface area contributed by atoms with Gasteiger partial charge in [-0.15, -0.1) is 0 Å². The minimum absolute atomic E-state index is 0.0962. The van der Waals surface area contributed by atoms with E-state index in [1.165, 1.54) is 47.4 Å². The van der Waals surface area contributed by atoms with Crippen molar-refractivity contribution in [2.24, 2.45) is 0 Å². The van der Waals surface area contributed by atoms with Gasteiger partial charge in [-0.05, 0) is 60.0 Å². The minimum atomic E-state index is -0.896. The Morgan fingerprint density at radius 2 is 1.58 bits per heavy atom. The van der Waals surface area contributed by atoms with Crippen LogP contribution in [0.4, 0.5) is 4.39 Å². The molecule has 1 unspecified atom stereocenters.